The Morgan fingerprint density at radius 2 is 1.88 bits per heavy atom. The van der Waals surface area contributed by atoms with Gasteiger partial charge in [-0.05, 0) is 35.9 Å². The third-order valence-corrected chi connectivity index (χ3v) is 4.66. The van der Waals surface area contributed by atoms with E-state index in [1.807, 2.05) is 24.3 Å². The normalized spacial score (nSPS) is 21.5. The van der Waals surface area contributed by atoms with Crippen LogP contribution in [-0.2, 0) is 16.1 Å². The minimum absolute atomic E-state index is 0.347. The van der Waals surface area contributed by atoms with Crippen molar-refractivity contribution in [1.29, 1.82) is 0 Å². The summed E-state index contributed by atoms with van der Waals surface area (Å²) in [4.78, 5) is 26.7. The molecule has 2 aromatic rings. The topological polar surface area (TPSA) is 74.6 Å². The van der Waals surface area contributed by atoms with Crippen LogP contribution >= 0.6 is 11.6 Å². The Kier molecular flexibility index (Phi) is 4.08. The number of amides is 2. The molecule has 2 aliphatic rings. The number of rotatable bonds is 4. The van der Waals surface area contributed by atoms with Crippen molar-refractivity contribution < 1.29 is 14.3 Å². The number of ether oxygens (including phenoxy) is 1. The molecule has 8 heteroatoms. The SMILES string of the molecule is COc1ccc(CN2N=N[C@@H]3C(=O)N(c4cccc(Cl)c4)C(=O)[C@H]32)cc1. The lowest BCUT2D eigenvalue weighted by Crippen LogP contribution is -2.39. The molecule has 1 saturated heterocycles. The van der Waals surface area contributed by atoms with Crippen LogP contribution in [0.4, 0.5) is 5.69 Å². The van der Waals surface area contributed by atoms with Gasteiger partial charge in [0.25, 0.3) is 11.8 Å². The van der Waals surface area contributed by atoms with Crippen molar-refractivity contribution in [1.82, 2.24) is 5.01 Å². The van der Waals surface area contributed by atoms with Gasteiger partial charge in [0.05, 0.1) is 19.3 Å². The number of anilines is 1. The first-order chi connectivity index (χ1) is 12.6. The maximum atomic E-state index is 12.9. The molecule has 0 saturated carbocycles. The van der Waals surface area contributed by atoms with Gasteiger partial charge in [0.15, 0.2) is 12.1 Å². The van der Waals surface area contributed by atoms with Crippen LogP contribution in [0.15, 0.2) is 58.9 Å². The second-order valence-electron chi connectivity index (χ2n) is 6.03. The second kappa shape index (κ2) is 6.42. The van der Waals surface area contributed by atoms with Gasteiger partial charge in [-0.3, -0.25) is 14.6 Å². The van der Waals surface area contributed by atoms with Crippen molar-refractivity contribution in [2.24, 2.45) is 10.3 Å². The number of methoxy groups -OCH3 is 1. The molecule has 2 amide bonds. The van der Waals surface area contributed by atoms with Gasteiger partial charge in [-0.25, -0.2) is 4.90 Å². The smallest absolute Gasteiger partial charge is 0.263 e. The zero-order chi connectivity index (χ0) is 18.3. The summed E-state index contributed by atoms with van der Waals surface area (Å²) in [5.74, 6) is 0.0120. The van der Waals surface area contributed by atoms with Crippen molar-refractivity contribution in [3.05, 3.63) is 59.1 Å². The molecule has 4 rings (SSSR count). The van der Waals surface area contributed by atoms with Crippen molar-refractivity contribution in [3.8, 4) is 5.75 Å². The van der Waals surface area contributed by atoms with E-state index in [1.54, 1.807) is 36.4 Å². The number of hydrogen-bond donors (Lipinski definition) is 0. The monoisotopic (exact) mass is 370 g/mol. The summed E-state index contributed by atoms with van der Waals surface area (Å²) in [5, 5.41) is 10.1. The fourth-order valence-electron chi connectivity index (χ4n) is 3.14. The fraction of sp³-hybridized carbons (Fsp3) is 0.222. The first kappa shape index (κ1) is 16.5. The summed E-state index contributed by atoms with van der Waals surface area (Å²) in [5.41, 5.74) is 1.38. The maximum Gasteiger partial charge on any atom is 0.263 e. The van der Waals surface area contributed by atoms with Crippen LogP contribution in [0.1, 0.15) is 5.56 Å². The van der Waals surface area contributed by atoms with Crippen LogP contribution in [-0.4, -0.2) is 36.0 Å². The largest absolute Gasteiger partial charge is 0.497 e. The van der Waals surface area contributed by atoms with Gasteiger partial charge in [-0.2, -0.15) is 5.11 Å². The summed E-state index contributed by atoms with van der Waals surface area (Å²) in [6.45, 7) is 0.372. The molecule has 2 aromatic carbocycles. The molecule has 0 spiro atoms. The highest BCUT2D eigenvalue weighted by Crippen LogP contribution is 2.33. The third-order valence-electron chi connectivity index (χ3n) is 4.43. The first-order valence-corrected chi connectivity index (χ1v) is 8.40. The number of fused-ring (bicyclic) bond motifs is 1. The van der Waals surface area contributed by atoms with Crippen molar-refractivity contribution in [3.63, 3.8) is 0 Å². The van der Waals surface area contributed by atoms with Gasteiger partial charge >= 0.3 is 0 Å². The molecule has 26 heavy (non-hydrogen) atoms. The minimum atomic E-state index is -0.820. The zero-order valence-corrected chi connectivity index (χ0v) is 14.6. The molecule has 2 aliphatic heterocycles. The standard InChI is InChI=1S/C18H15ClN4O3/c1-26-14-7-5-11(6-8-14)10-22-16-15(20-21-22)17(24)23(18(16)25)13-4-2-3-12(19)9-13/h2-9,15-16H,10H2,1H3/t15-,16-/m0/s1. The predicted molar refractivity (Wildman–Crippen MR) is 94.9 cm³/mol. The van der Waals surface area contributed by atoms with Crippen LogP contribution in [0.3, 0.4) is 0 Å². The molecular formula is C18H15ClN4O3. The number of benzene rings is 2. The number of nitrogens with zero attached hydrogens (tertiary/aromatic N) is 4. The first-order valence-electron chi connectivity index (χ1n) is 8.02. The van der Waals surface area contributed by atoms with Crippen molar-refractivity contribution in [2.45, 2.75) is 18.6 Å². The summed E-state index contributed by atoms with van der Waals surface area (Å²) >= 11 is 5.99. The molecule has 7 nitrogen and oxygen atoms in total. The molecule has 0 unspecified atom stereocenters. The molecule has 1 fully saturated rings. The highest BCUT2D eigenvalue weighted by Gasteiger charge is 2.54. The van der Waals surface area contributed by atoms with Gasteiger partial charge in [0.2, 0.25) is 0 Å². The van der Waals surface area contributed by atoms with Crippen LogP contribution in [0.25, 0.3) is 0 Å². The van der Waals surface area contributed by atoms with E-state index in [-0.39, 0.29) is 11.8 Å². The van der Waals surface area contributed by atoms with E-state index in [1.165, 1.54) is 0 Å². The molecule has 0 radical (unpaired) electrons. The van der Waals surface area contributed by atoms with Gasteiger partial charge in [-0.1, -0.05) is 35.0 Å². The average Bonchev–Trinajstić information content (AvgIpc) is 3.16. The lowest BCUT2D eigenvalue weighted by molar-refractivity contribution is -0.123. The fourth-order valence-corrected chi connectivity index (χ4v) is 3.33. The Labute approximate surface area is 154 Å². The Morgan fingerprint density at radius 1 is 1.12 bits per heavy atom. The van der Waals surface area contributed by atoms with Crippen LogP contribution < -0.4 is 9.64 Å². The van der Waals surface area contributed by atoms with E-state index < -0.39 is 12.1 Å². The third kappa shape index (κ3) is 2.70. The Hall–Kier alpha value is -2.93. The van der Waals surface area contributed by atoms with Gasteiger partial charge in [0.1, 0.15) is 5.75 Å². The number of halogens is 1. The molecule has 0 aromatic heterocycles. The van der Waals surface area contributed by atoms with E-state index >= 15 is 0 Å². The predicted octanol–water partition coefficient (Wildman–Crippen LogP) is 2.84. The zero-order valence-electron chi connectivity index (χ0n) is 13.9. The molecule has 132 valence electrons. The van der Waals surface area contributed by atoms with E-state index in [0.717, 1.165) is 16.2 Å². The van der Waals surface area contributed by atoms with Gasteiger partial charge in [-0.15, -0.1) is 0 Å². The Morgan fingerprint density at radius 3 is 2.58 bits per heavy atom. The second-order valence-corrected chi connectivity index (χ2v) is 6.47. The molecule has 0 aliphatic carbocycles. The summed E-state index contributed by atoms with van der Waals surface area (Å²) in [6, 6.07) is 12.5. The molecule has 2 heterocycles. The van der Waals surface area contributed by atoms with Crippen molar-refractivity contribution >= 4 is 29.1 Å². The molecule has 0 N–H and O–H groups in total. The lowest BCUT2D eigenvalue weighted by Gasteiger charge is -2.20. The van der Waals surface area contributed by atoms with Crippen molar-refractivity contribution in [2.75, 3.05) is 12.0 Å². The highest BCUT2D eigenvalue weighted by atomic mass is 35.5. The number of carbonyl (C=O) groups excluding carboxylic acids is 2. The Bertz CT molecular complexity index is 900. The minimum Gasteiger partial charge on any atom is -0.497 e. The molecular weight excluding hydrogens is 356 g/mol. The lowest BCUT2D eigenvalue weighted by atomic mass is 10.1. The maximum absolute atomic E-state index is 12.9. The summed E-state index contributed by atoms with van der Waals surface area (Å²) in [6.07, 6.45) is 0. The van der Waals surface area contributed by atoms with Gasteiger partial charge < -0.3 is 4.74 Å². The number of hydrogen-bond acceptors (Lipinski definition) is 6. The van der Waals surface area contributed by atoms with Gasteiger partial charge in [0, 0.05) is 5.02 Å². The quantitative estimate of drug-likeness (QED) is 0.775. The molecule has 0 bridgehead atoms. The van der Waals surface area contributed by atoms with Crippen LogP contribution in [0.5, 0.6) is 5.75 Å². The van der Waals surface area contributed by atoms with Crippen LogP contribution in [0, 0.1) is 0 Å². The number of imide groups is 1. The number of carbonyl (C=O) groups is 2. The van der Waals surface area contributed by atoms with E-state index in [2.05, 4.69) is 10.3 Å². The Balaban J connectivity index is 1.57. The average molecular weight is 371 g/mol. The highest BCUT2D eigenvalue weighted by molar-refractivity contribution is 6.31. The van der Waals surface area contributed by atoms with E-state index in [4.69, 9.17) is 16.3 Å². The summed E-state index contributed by atoms with van der Waals surface area (Å²) in [7, 11) is 1.60. The van der Waals surface area contributed by atoms with Crippen LogP contribution in [0.2, 0.25) is 5.02 Å². The van der Waals surface area contributed by atoms with E-state index in [0.29, 0.717) is 17.3 Å². The summed E-state index contributed by atoms with van der Waals surface area (Å²) < 4.78 is 5.14. The molecule has 2 atom stereocenters. The van der Waals surface area contributed by atoms with E-state index in [9.17, 15) is 9.59 Å².